The van der Waals surface area contributed by atoms with Crippen molar-refractivity contribution in [1.29, 1.82) is 0 Å². The van der Waals surface area contributed by atoms with E-state index in [0.717, 1.165) is 13.0 Å². The van der Waals surface area contributed by atoms with Crippen molar-refractivity contribution in [3.8, 4) is 0 Å². The molecule has 1 unspecified atom stereocenters. The highest BCUT2D eigenvalue weighted by atomic mass is 35.5. The van der Waals surface area contributed by atoms with E-state index in [1.807, 2.05) is 0 Å². The van der Waals surface area contributed by atoms with Crippen molar-refractivity contribution < 1.29 is 12.8 Å². The Morgan fingerprint density at radius 1 is 1.50 bits per heavy atom. The van der Waals surface area contributed by atoms with Gasteiger partial charge in [0.05, 0.1) is 11.2 Å². The van der Waals surface area contributed by atoms with E-state index in [-0.39, 0.29) is 22.4 Å². The number of nitrogens with zero attached hydrogens (tertiary/aromatic N) is 1. The summed E-state index contributed by atoms with van der Waals surface area (Å²) in [6, 6.07) is 1.17. The van der Waals surface area contributed by atoms with Gasteiger partial charge in [-0.05, 0) is 19.0 Å². The zero-order valence-electron chi connectivity index (χ0n) is 12.8. The molecule has 6 nitrogen and oxygen atoms in total. The average molecular weight is 391 g/mol. The van der Waals surface area contributed by atoms with Crippen molar-refractivity contribution in [3.63, 3.8) is 0 Å². The van der Waals surface area contributed by atoms with Crippen molar-refractivity contribution in [1.82, 2.24) is 10.3 Å². The predicted molar refractivity (Wildman–Crippen MR) is 94.1 cm³/mol. The molecule has 1 fully saturated rings. The Kier molecular flexibility index (Phi) is 4.95. The minimum atomic E-state index is -4.13. The highest BCUT2D eigenvalue weighted by Crippen LogP contribution is 2.39. The van der Waals surface area contributed by atoms with Crippen molar-refractivity contribution in [2.24, 2.45) is 0 Å². The standard InChI is InChI=1S/C14H16ClFN4O2S2/c1-17-14-12(8-2-3-18-5-8)9(15)4-10(13(14)16)24(21,22)20-11-6-23-7-19-11/h4,6-8,17-18,20H,2-3,5H2,1H3. The summed E-state index contributed by atoms with van der Waals surface area (Å²) >= 11 is 7.55. The lowest BCUT2D eigenvalue weighted by Gasteiger charge is -2.19. The van der Waals surface area contributed by atoms with Crippen LogP contribution in [-0.4, -0.2) is 33.5 Å². The van der Waals surface area contributed by atoms with Gasteiger partial charge >= 0.3 is 0 Å². The number of hydrogen-bond acceptors (Lipinski definition) is 6. The Bertz CT molecular complexity index is 837. The lowest BCUT2D eigenvalue weighted by atomic mass is 9.96. The van der Waals surface area contributed by atoms with Crippen molar-refractivity contribution in [3.05, 3.63) is 33.4 Å². The second-order valence-corrected chi connectivity index (χ2v) is 8.15. The number of benzene rings is 1. The van der Waals surface area contributed by atoms with E-state index in [1.54, 1.807) is 7.05 Å². The molecule has 0 saturated carbocycles. The molecule has 2 aromatic rings. The molecule has 1 aliphatic heterocycles. The van der Waals surface area contributed by atoms with Gasteiger partial charge in [-0.1, -0.05) is 11.6 Å². The first-order valence-corrected chi connectivity index (χ1v) is 10.1. The highest BCUT2D eigenvalue weighted by molar-refractivity contribution is 7.92. The lowest BCUT2D eigenvalue weighted by molar-refractivity contribution is 0.569. The molecule has 1 atom stereocenters. The molecule has 130 valence electrons. The number of aromatic nitrogens is 1. The maximum atomic E-state index is 14.9. The molecule has 0 bridgehead atoms. The first kappa shape index (κ1) is 17.4. The van der Waals surface area contributed by atoms with Crippen LogP contribution >= 0.6 is 22.9 Å². The quantitative estimate of drug-likeness (QED) is 0.731. The summed E-state index contributed by atoms with van der Waals surface area (Å²) in [5, 5.41) is 7.71. The summed E-state index contributed by atoms with van der Waals surface area (Å²) < 4.78 is 42.1. The first-order chi connectivity index (χ1) is 11.4. The van der Waals surface area contributed by atoms with Crippen LogP contribution in [0, 0.1) is 5.82 Å². The van der Waals surface area contributed by atoms with Crippen molar-refractivity contribution >= 4 is 44.5 Å². The molecule has 1 aliphatic rings. The van der Waals surface area contributed by atoms with E-state index >= 15 is 0 Å². The number of halogens is 2. The van der Waals surface area contributed by atoms with Crippen LogP contribution in [0.3, 0.4) is 0 Å². The van der Waals surface area contributed by atoms with Crippen LogP contribution in [-0.2, 0) is 10.0 Å². The minimum absolute atomic E-state index is 0.0395. The third kappa shape index (κ3) is 3.21. The maximum absolute atomic E-state index is 14.9. The van der Waals surface area contributed by atoms with E-state index in [1.165, 1.54) is 28.3 Å². The largest absolute Gasteiger partial charge is 0.385 e. The Labute approximate surface area is 148 Å². The maximum Gasteiger partial charge on any atom is 0.266 e. The second-order valence-electron chi connectivity index (χ2n) is 5.38. The summed E-state index contributed by atoms with van der Waals surface area (Å²) in [4.78, 5) is 3.35. The van der Waals surface area contributed by atoms with Gasteiger partial charge in [-0.2, -0.15) is 0 Å². The Hall–Kier alpha value is -1.42. The number of anilines is 2. The summed E-state index contributed by atoms with van der Waals surface area (Å²) in [7, 11) is -2.58. The van der Waals surface area contributed by atoms with Gasteiger partial charge in [0, 0.05) is 35.5 Å². The van der Waals surface area contributed by atoms with Crippen LogP contribution in [0.4, 0.5) is 15.9 Å². The number of rotatable bonds is 5. The third-order valence-corrected chi connectivity index (χ3v) is 6.15. The average Bonchev–Trinajstić information content (AvgIpc) is 3.21. The molecule has 3 rings (SSSR count). The van der Waals surface area contributed by atoms with E-state index in [0.29, 0.717) is 12.1 Å². The van der Waals surface area contributed by atoms with Crippen molar-refractivity contribution in [2.75, 3.05) is 30.2 Å². The normalized spacial score (nSPS) is 17.9. The van der Waals surface area contributed by atoms with Crippen LogP contribution in [0.15, 0.2) is 21.9 Å². The molecule has 1 aromatic heterocycles. The number of nitrogens with one attached hydrogen (secondary N) is 3. The van der Waals surface area contributed by atoms with Gasteiger partial charge in [0.2, 0.25) is 0 Å². The Morgan fingerprint density at radius 2 is 2.29 bits per heavy atom. The molecular formula is C14H16ClFN4O2S2. The molecule has 3 N–H and O–H groups in total. The molecule has 1 aromatic carbocycles. The van der Waals surface area contributed by atoms with Crippen LogP contribution in [0.5, 0.6) is 0 Å². The van der Waals surface area contributed by atoms with Gasteiger partial charge in [-0.15, -0.1) is 11.3 Å². The first-order valence-electron chi connectivity index (χ1n) is 7.25. The zero-order chi connectivity index (χ0) is 17.3. The molecule has 10 heteroatoms. The topological polar surface area (TPSA) is 83.1 Å². The molecule has 0 spiro atoms. The van der Waals surface area contributed by atoms with Gasteiger partial charge in [0.15, 0.2) is 11.6 Å². The minimum Gasteiger partial charge on any atom is -0.385 e. The third-order valence-electron chi connectivity index (χ3n) is 3.90. The van der Waals surface area contributed by atoms with Gasteiger partial charge in [-0.3, -0.25) is 4.72 Å². The molecule has 0 amide bonds. The van der Waals surface area contributed by atoms with Crippen LogP contribution in [0.25, 0.3) is 0 Å². The van der Waals surface area contributed by atoms with Gasteiger partial charge < -0.3 is 10.6 Å². The van der Waals surface area contributed by atoms with Crippen LogP contribution in [0.2, 0.25) is 5.02 Å². The van der Waals surface area contributed by atoms with Gasteiger partial charge in [0.25, 0.3) is 10.0 Å². The summed E-state index contributed by atoms with van der Waals surface area (Å²) in [5.41, 5.74) is 2.21. The number of hydrogen-bond donors (Lipinski definition) is 3. The smallest absolute Gasteiger partial charge is 0.266 e. The monoisotopic (exact) mass is 390 g/mol. The number of thiazole rings is 1. The number of sulfonamides is 1. The fourth-order valence-corrected chi connectivity index (χ4v) is 4.90. The molecule has 24 heavy (non-hydrogen) atoms. The van der Waals surface area contributed by atoms with E-state index in [4.69, 9.17) is 11.6 Å². The van der Waals surface area contributed by atoms with E-state index in [2.05, 4.69) is 20.3 Å². The fourth-order valence-electron chi connectivity index (χ4n) is 2.81. The van der Waals surface area contributed by atoms with Crippen LogP contribution in [0.1, 0.15) is 17.9 Å². The predicted octanol–water partition coefficient (Wildman–Crippen LogP) is 2.86. The van der Waals surface area contributed by atoms with Crippen molar-refractivity contribution in [2.45, 2.75) is 17.2 Å². The van der Waals surface area contributed by atoms with Gasteiger partial charge in [-0.25, -0.2) is 17.8 Å². The molecule has 2 heterocycles. The van der Waals surface area contributed by atoms with E-state index < -0.39 is 20.7 Å². The van der Waals surface area contributed by atoms with E-state index in [9.17, 15) is 12.8 Å². The molecule has 0 radical (unpaired) electrons. The summed E-state index contributed by atoms with van der Waals surface area (Å²) in [6.45, 7) is 1.49. The summed E-state index contributed by atoms with van der Waals surface area (Å²) in [6.07, 6.45) is 0.816. The Balaban J connectivity index is 2.07. The Morgan fingerprint density at radius 3 is 2.88 bits per heavy atom. The molecule has 1 saturated heterocycles. The zero-order valence-corrected chi connectivity index (χ0v) is 15.2. The highest BCUT2D eigenvalue weighted by Gasteiger charge is 2.30. The van der Waals surface area contributed by atoms with Gasteiger partial charge in [0.1, 0.15) is 4.90 Å². The lowest BCUT2D eigenvalue weighted by Crippen LogP contribution is -2.17. The summed E-state index contributed by atoms with van der Waals surface area (Å²) in [5.74, 6) is -0.658. The SMILES string of the molecule is CNc1c(F)c(S(=O)(=O)Nc2cscn2)cc(Cl)c1C1CCNC1. The fraction of sp³-hybridized carbons (Fsp3) is 0.357. The molecule has 0 aliphatic carbocycles. The van der Waals surface area contributed by atoms with Crippen LogP contribution < -0.4 is 15.4 Å². The molecular weight excluding hydrogens is 375 g/mol. The second kappa shape index (κ2) is 6.83.